The highest BCUT2D eigenvalue weighted by Gasteiger charge is 2.42. The molecule has 0 spiro atoms. The molecule has 0 amide bonds. The second-order valence-electron chi connectivity index (χ2n) is 10.5. The van der Waals surface area contributed by atoms with Gasteiger partial charge in [0, 0.05) is 17.6 Å². The minimum absolute atomic E-state index is 0.0977. The van der Waals surface area contributed by atoms with Crippen molar-refractivity contribution < 1.29 is 14.6 Å². The van der Waals surface area contributed by atoms with Crippen molar-refractivity contribution in [2.75, 3.05) is 33.3 Å². The van der Waals surface area contributed by atoms with Gasteiger partial charge in [-0.3, -0.25) is 14.6 Å². The summed E-state index contributed by atoms with van der Waals surface area (Å²) in [5, 5.41) is 9.67. The molecule has 5 heteroatoms. The Labute approximate surface area is 167 Å². The summed E-state index contributed by atoms with van der Waals surface area (Å²) in [6, 6.07) is 0. The van der Waals surface area contributed by atoms with Gasteiger partial charge in [0.2, 0.25) is 0 Å². The second-order valence-corrected chi connectivity index (χ2v) is 10.5. The highest BCUT2D eigenvalue weighted by atomic mass is 16.5. The van der Waals surface area contributed by atoms with Crippen LogP contribution in [0.3, 0.4) is 0 Å². The SMILES string of the molecule is CC(C)(C)C(=O)OCCN1CCCCC1.CN1C(C)(C)CC(O)CC1(C)C. The predicted octanol–water partition coefficient (Wildman–Crippen LogP) is 3.69. The van der Waals surface area contributed by atoms with Crippen LogP contribution >= 0.6 is 0 Å². The van der Waals surface area contributed by atoms with Gasteiger partial charge >= 0.3 is 5.97 Å². The second kappa shape index (κ2) is 9.71. The van der Waals surface area contributed by atoms with Crippen LogP contribution in [-0.4, -0.2) is 71.3 Å². The van der Waals surface area contributed by atoms with Gasteiger partial charge in [0.05, 0.1) is 11.5 Å². The van der Waals surface area contributed by atoms with Gasteiger partial charge in [0.1, 0.15) is 6.61 Å². The first-order chi connectivity index (χ1) is 12.3. The molecule has 2 aliphatic rings. The lowest BCUT2D eigenvalue weighted by atomic mass is 9.79. The molecule has 0 aromatic rings. The smallest absolute Gasteiger partial charge is 0.311 e. The fraction of sp³-hybridized carbons (Fsp3) is 0.955. The molecule has 5 nitrogen and oxygen atoms in total. The molecule has 0 atom stereocenters. The lowest BCUT2D eigenvalue weighted by Gasteiger charge is -2.52. The molecule has 0 aliphatic carbocycles. The molecule has 0 unspecified atom stereocenters. The first kappa shape index (κ1) is 24.4. The topological polar surface area (TPSA) is 53.0 Å². The number of aliphatic hydroxyl groups is 1. The lowest BCUT2D eigenvalue weighted by Crippen LogP contribution is -2.59. The Balaban J connectivity index is 0.000000277. The zero-order valence-electron chi connectivity index (χ0n) is 19.1. The quantitative estimate of drug-likeness (QED) is 0.752. The van der Waals surface area contributed by atoms with Crippen molar-refractivity contribution in [2.45, 2.75) is 97.8 Å². The van der Waals surface area contributed by atoms with Crippen molar-refractivity contribution in [2.24, 2.45) is 5.41 Å². The third-order valence-electron chi connectivity index (χ3n) is 5.99. The lowest BCUT2D eigenvalue weighted by molar-refractivity contribution is -0.153. The summed E-state index contributed by atoms with van der Waals surface area (Å²) in [6.45, 7) is 18.2. The molecule has 2 aliphatic heterocycles. The van der Waals surface area contributed by atoms with Gasteiger partial charge in [-0.05, 0) is 94.3 Å². The van der Waals surface area contributed by atoms with E-state index in [1.165, 1.54) is 19.3 Å². The fourth-order valence-electron chi connectivity index (χ4n) is 3.99. The number of hydrogen-bond acceptors (Lipinski definition) is 5. The zero-order valence-corrected chi connectivity index (χ0v) is 19.1. The van der Waals surface area contributed by atoms with E-state index in [9.17, 15) is 9.90 Å². The first-order valence-corrected chi connectivity index (χ1v) is 10.6. The first-order valence-electron chi connectivity index (χ1n) is 10.6. The van der Waals surface area contributed by atoms with Crippen LogP contribution in [-0.2, 0) is 9.53 Å². The number of carbonyl (C=O) groups is 1. The number of esters is 1. The standard InChI is InChI=1S/C12H23NO2.C10H21NO/c1-12(2,3)11(14)15-10-9-13-7-5-4-6-8-13;1-9(2)6-8(12)7-10(3,4)11(9)5/h4-10H2,1-3H3;8,12H,6-7H2,1-5H3. The van der Waals surface area contributed by atoms with Crippen LogP contribution in [0.25, 0.3) is 0 Å². The monoisotopic (exact) mass is 384 g/mol. The number of carbonyl (C=O) groups excluding carboxylic acids is 1. The van der Waals surface area contributed by atoms with Gasteiger partial charge < -0.3 is 9.84 Å². The van der Waals surface area contributed by atoms with Crippen LogP contribution in [0.5, 0.6) is 0 Å². The van der Waals surface area contributed by atoms with E-state index in [1.807, 2.05) is 20.8 Å². The number of piperidine rings is 2. The average molecular weight is 385 g/mol. The summed E-state index contributed by atoms with van der Waals surface area (Å²) in [4.78, 5) is 16.2. The summed E-state index contributed by atoms with van der Waals surface area (Å²) in [7, 11) is 2.14. The van der Waals surface area contributed by atoms with E-state index in [2.05, 4.69) is 44.5 Å². The van der Waals surface area contributed by atoms with Gasteiger partial charge in [0.25, 0.3) is 0 Å². The maximum Gasteiger partial charge on any atom is 0.311 e. The van der Waals surface area contributed by atoms with Crippen LogP contribution in [0.4, 0.5) is 0 Å². The molecule has 0 aromatic carbocycles. The van der Waals surface area contributed by atoms with E-state index in [1.54, 1.807) is 0 Å². The van der Waals surface area contributed by atoms with Gasteiger partial charge in [0.15, 0.2) is 0 Å². The van der Waals surface area contributed by atoms with Crippen LogP contribution in [0.2, 0.25) is 0 Å². The average Bonchev–Trinajstić information content (AvgIpc) is 2.52. The van der Waals surface area contributed by atoms with Crippen molar-refractivity contribution >= 4 is 5.97 Å². The molecule has 27 heavy (non-hydrogen) atoms. The minimum Gasteiger partial charge on any atom is -0.464 e. The van der Waals surface area contributed by atoms with E-state index in [-0.39, 0.29) is 28.6 Å². The van der Waals surface area contributed by atoms with Crippen molar-refractivity contribution in [1.29, 1.82) is 0 Å². The molecule has 2 heterocycles. The predicted molar refractivity (Wildman–Crippen MR) is 112 cm³/mol. The van der Waals surface area contributed by atoms with E-state index >= 15 is 0 Å². The summed E-state index contributed by atoms with van der Waals surface area (Å²) >= 11 is 0. The van der Waals surface area contributed by atoms with Gasteiger partial charge in [-0.1, -0.05) is 6.42 Å². The maximum absolute atomic E-state index is 11.5. The molecule has 0 aromatic heterocycles. The number of nitrogens with zero attached hydrogens (tertiary/aromatic N) is 2. The number of ether oxygens (including phenoxy) is 1. The largest absolute Gasteiger partial charge is 0.464 e. The number of rotatable bonds is 3. The van der Waals surface area contributed by atoms with Gasteiger partial charge in [-0.2, -0.15) is 0 Å². The van der Waals surface area contributed by atoms with Crippen LogP contribution in [0.15, 0.2) is 0 Å². The Kier molecular flexibility index (Phi) is 8.77. The zero-order chi connectivity index (χ0) is 20.9. The normalized spacial score (nSPS) is 24.0. The van der Waals surface area contributed by atoms with Gasteiger partial charge in [-0.25, -0.2) is 0 Å². The fourth-order valence-corrected chi connectivity index (χ4v) is 3.99. The molecule has 160 valence electrons. The minimum atomic E-state index is -0.373. The maximum atomic E-state index is 11.5. The summed E-state index contributed by atoms with van der Waals surface area (Å²) in [6.07, 6.45) is 5.55. The Hall–Kier alpha value is -0.650. The molecule has 0 saturated carbocycles. The number of aliphatic hydroxyl groups excluding tert-OH is 1. The van der Waals surface area contributed by atoms with E-state index < -0.39 is 0 Å². The van der Waals surface area contributed by atoms with Crippen LogP contribution in [0.1, 0.15) is 80.6 Å². The van der Waals surface area contributed by atoms with Crippen molar-refractivity contribution in [3.8, 4) is 0 Å². The van der Waals surface area contributed by atoms with Crippen molar-refractivity contribution in [3.05, 3.63) is 0 Å². The summed E-state index contributed by atoms with van der Waals surface area (Å²) in [5.41, 5.74) is -0.121. The Morgan fingerprint density at radius 2 is 1.52 bits per heavy atom. The number of likely N-dealkylation sites (tertiary alicyclic amines) is 2. The van der Waals surface area contributed by atoms with Crippen molar-refractivity contribution in [3.63, 3.8) is 0 Å². The summed E-state index contributed by atoms with van der Waals surface area (Å²) in [5.74, 6) is -0.0977. The molecule has 0 bridgehead atoms. The molecule has 0 radical (unpaired) electrons. The van der Waals surface area contributed by atoms with Crippen LogP contribution in [0, 0.1) is 5.41 Å². The third kappa shape index (κ3) is 8.08. The van der Waals surface area contributed by atoms with Crippen molar-refractivity contribution in [1.82, 2.24) is 9.80 Å². The Morgan fingerprint density at radius 3 is 1.96 bits per heavy atom. The van der Waals surface area contributed by atoms with Gasteiger partial charge in [-0.15, -0.1) is 0 Å². The molecule has 2 saturated heterocycles. The third-order valence-corrected chi connectivity index (χ3v) is 5.99. The Bertz CT molecular complexity index is 445. The molecule has 2 fully saturated rings. The highest BCUT2D eigenvalue weighted by Crippen LogP contribution is 2.36. The molecule has 1 N–H and O–H groups in total. The van der Waals surface area contributed by atoms with E-state index in [0.717, 1.165) is 32.5 Å². The molecular formula is C22H44N2O3. The summed E-state index contributed by atoms with van der Waals surface area (Å²) < 4.78 is 5.23. The molecule has 2 rings (SSSR count). The highest BCUT2D eigenvalue weighted by molar-refractivity contribution is 5.75. The van der Waals surface area contributed by atoms with Crippen LogP contribution < -0.4 is 0 Å². The number of hydrogen-bond donors (Lipinski definition) is 1. The van der Waals surface area contributed by atoms with E-state index in [4.69, 9.17) is 4.74 Å². The molecular weight excluding hydrogens is 340 g/mol. The van der Waals surface area contributed by atoms with E-state index in [0.29, 0.717) is 6.61 Å². The Morgan fingerprint density at radius 1 is 1.04 bits per heavy atom.